The fraction of sp³-hybridized carbons (Fsp3) is 0.529. The molecule has 1 aliphatic heterocycles. The average Bonchev–Trinajstić information content (AvgIpc) is 2.56. The Morgan fingerprint density at radius 2 is 1.91 bits per heavy atom. The Morgan fingerprint density at radius 1 is 1.22 bits per heavy atom. The van der Waals surface area contributed by atoms with Crippen LogP contribution in [0.2, 0.25) is 0 Å². The molecule has 6 nitrogen and oxygen atoms in total. The van der Waals surface area contributed by atoms with Gasteiger partial charge in [0.05, 0.1) is 13.7 Å². The first kappa shape index (κ1) is 17.3. The Morgan fingerprint density at radius 3 is 2.48 bits per heavy atom. The van der Waals surface area contributed by atoms with E-state index < -0.39 is 18.1 Å². The van der Waals surface area contributed by atoms with E-state index in [2.05, 4.69) is 0 Å². The van der Waals surface area contributed by atoms with Crippen LogP contribution in [0.15, 0.2) is 24.3 Å². The zero-order valence-corrected chi connectivity index (χ0v) is 13.8. The fourth-order valence-electron chi connectivity index (χ4n) is 2.47. The molecule has 0 N–H and O–H groups in total. The van der Waals surface area contributed by atoms with E-state index in [4.69, 9.17) is 14.2 Å². The second-order valence-electron chi connectivity index (χ2n) is 5.25. The van der Waals surface area contributed by atoms with Crippen LogP contribution in [0.1, 0.15) is 26.7 Å². The van der Waals surface area contributed by atoms with E-state index >= 15 is 0 Å². The highest BCUT2D eigenvalue weighted by Gasteiger charge is 2.54. The fourth-order valence-corrected chi connectivity index (χ4v) is 2.47. The van der Waals surface area contributed by atoms with Gasteiger partial charge in [-0.05, 0) is 37.6 Å². The number of ether oxygens (including phenoxy) is 3. The van der Waals surface area contributed by atoms with Crippen LogP contribution in [0, 0.1) is 0 Å². The van der Waals surface area contributed by atoms with Gasteiger partial charge in [-0.2, -0.15) is 0 Å². The molecule has 1 amide bonds. The zero-order chi connectivity index (χ0) is 16.8. The van der Waals surface area contributed by atoms with E-state index in [1.807, 2.05) is 6.92 Å². The SMILES string of the molecule is CCCCO[C@@H]1C(=O)N(c2ccc(OC)cc2)[C@@H]1C(=O)OCC. The van der Waals surface area contributed by atoms with Crippen LogP contribution >= 0.6 is 0 Å². The number of benzene rings is 1. The maximum Gasteiger partial charge on any atom is 0.332 e. The van der Waals surface area contributed by atoms with Crippen LogP contribution in [-0.4, -0.2) is 44.3 Å². The van der Waals surface area contributed by atoms with Crippen molar-refractivity contribution in [2.75, 3.05) is 25.2 Å². The van der Waals surface area contributed by atoms with Gasteiger partial charge < -0.3 is 14.2 Å². The average molecular weight is 321 g/mol. The van der Waals surface area contributed by atoms with Crippen molar-refractivity contribution >= 4 is 17.6 Å². The normalized spacial score (nSPS) is 20.1. The number of carbonyl (C=O) groups excluding carboxylic acids is 2. The standard InChI is InChI=1S/C17H23NO5/c1-4-6-11-23-15-14(17(20)22-5-2)18(16(15)19)12-7-9-13(21-3)10-8-12/h7-10,14-15H,4-6,11H2,1-3H3/t14-,15-/m0/s1. The number of hydrogen-bond acceptors (Lipinski definition) is 5. The third-order valence-electron chi connectivity index (χ3n) is 3.72. The van der Waals surface area contributed by atoms with E-state index in [9.17, 15) is 9.59 Å². The molecular formula is C17H23NO5. The van der Waals surface area contributed by atoms with E-state index in [-0.39, 0.29) is 12.5 Å². The lowest BCUT2D eigenvalue weighted by Gasteiger charge is -2.44. The second kappa shape index (κ2) is 7.97. The minimum Gasteiger partial charge on any atom is -0.497 e. The van der Waals surface area contributed by atoms with E-state index in [1.54, 1.807) is 38.3 Å². The Balaban J connectivity index is 2.15. The molecule has 1 saturated heterocycles. The summed E-state index contributed by atoms with van der Waals surface area (Å²) >= 11 is 0. The van der Waals surface area contributed by atoms with Crippen LogP contribution < -0.4 is 9.64 Å². The lowest BCUT2D eigenvalue weighted by Crippen LogP contribution is -2.69. The number of unbranched alkanes of at least 4 members (excludes halogenated alkanes) is 1. The number of anilines is 1. The number of carbonyl (C=O) groups is 2. The number of methoxy groups -OCH3 is 1. The summed E-state index contributed by atoms with van der Waals surface area (Å²) in [6.45, 7) is 4.50. The van der Waals surface area contributed by atoms with Crippen LogP contribution in [0.5, 0.6) is 5.75 Å². The van der Waals surface area contributed by atoms with Crippen molar-refractivity contribution in [2.24, 2.45) is 0 Å². The Labute approximate surface area is 136 Å². The second-order valence-corrected chi connectivity index (χ2v) is 5.25. The largest absolute Gasteiger partial charge is 0.497 e. The van der Waals surface area contributed by atoms with Gasteiger partial charge in [-0.15, -0.1) is 0 Å². The minimum atomic E-state index is -0.761. The maximum atomic E-state index is 12.4. The zero-order valence-electron chi connectivity index (χ0n) is 13.8. The number of β-lactam (4-membered cyclic amide) rings is 1. The van der Waals surface area contributed by atoms with Crippen LogP contribution in [0.4, 0.5) is 5.69 Å². The summed E-state index contributed by atoms with van der Waals surface area (Å²) < 4.78 is 15.8. The minimum absolute atomic E-state index is 0.218. The Bertz CT molecular complexity index is 542. The number of esters is 1. The molecule has 126 valence electrons. The van der Waals surface area contributed by atoms with Crippen LogP contribution in [0.25, 0.3) is 0 Å². The van der Waals surface area contributed by atoms with Crippen molar-refractivity contribution in [1.29, 1.82) is 0 Å². The molecular weight excluding hydrogens is 298 g/mol. The highest BCUT2D eigenvalue weighted by molar-refractivity contribution is 6.12. The molecule has 0 aliphatic carbocycles. The first-order valence-corrected chi connectivity index (χ1v) is 7.89. The van der Waals surface area contributed by atoms with Crippen LogP contribution in [-0.2, 0) is 19.1 Å². The van der Waals surface area contributed by atoms with Gasteiger partial charge in [-0.1, -0.05) is 13.3 Å². The van der Waals surface area contributed by atoms with Gasteiger partial charge >= 0.3 is 5.97 Å². The van der Waals surface area contributed by atoms with Crippen molar-refractivity contribution in [1.82, 2.24) is 0 Å². The smallest absolute Gasteiger partial charge is 0.332 e. The summed E-state index contributed by atoms with van der Waals surface area (Å²) in [7, 11) is 1.57. The van der Waals surface area contributed by atoms with Crippen molar-refractivity contribution in [3.8, 4) is 5.75 Å². The van der Waals surface area contributed by atoms with Gasteiger partial charge in [0.25, 0.3) is 5.91 Å². The molecule has 1 aromatic rings. The van der Waals surface area contributed by atoms with Gasteiger partial charge in [0, 0.05) is 12.3 Å². The van der Waals surface area contributed by atoms with Crippen molar-refractivity contribution in [3.05, 3.63) is 24.3 Å². The molecule has 2 atom stereocenters. The van der Waals surface area contributed by atoms with Gasteiger partial charge in [-0.3, -0.25) is 9.69 Å². The molecule has 2 rings (SSSR count). The molecule has 1 aromatic carbocycles. The summed E-state index contributed by atoms with van der Waals surface area (Å²) in [4.78, 5) is 26.0. The highest BCUT2D eigenvalue weighted by atomic mass is 16.5. The van der Waals surface area contributed by atoms with Crippen LogP contribution in [0.3, 0.4) is 0 Å². The predicted octanol–water partition coefficient (Wildman–Crippen LogP) is 2.16. The number of hydrogen-bond donors (Lipinski definition) is 0. The first-order chi connectivity index (χ1) is 11.1. The molecule has 1 fully saturated rings. The summed E-state index contributed by atoms with van der Waals surface area (Å²) in [5.74, 6) is 0.0268. The monoisotopic (exact) mass is 321 g/mol. The lowest BCUT2D eigenvalue weighted by atomic mass is 9.96. The molecule has 0 bridgehead atoms. The quantitative estimate of drug-likeness (QED) is 0.417. The van der Waals surface area contributed by atoms with Gasteiger partial charge in [0.2, 0.25) is 0 Å². The molecule has 0 unspecified atom stereocenters. The van der Waals surface area contributed by atoms with Crippen molar-refractivity contribution < 1.29 is 23.8 Å². The summed E-state index contributed by atoms with van der Waals surface area (Å²) in [5, 5.41) is 0. The molecule has 0 radical (unpaired) electrons. The third kappa shape index (κ3) is 3.64. The highest BCUT2D eigenvalue weighted by Crippen LogP contribution is 2.32. The van der Waals surface area contributed by atoms with Crippen molar-refractivity contribution in [2.45, 2.75) is 38.8 Å². The summed E-state index contributed by atoms with van der Waals surface area (Å²) in [6.07, 6.45) is 1.05. The predicted molar refractivity (Wildman–Crippen MR) is 85.5 cm³/mol. The van der Waals surface area contributed by atoms with Gasteiger partial charge in [0.1, 0.15) is 5.75 Å². The van der Waals surface area contributed by atoms with E-state index in [0.29, 0.717) is 18.0 Å². The Kier molecular flexibility index (Phi) is 5.98. The first-order valence-electron chi connectivity index (χ1n) is 7.89. The molecule has 23 heavy (non-hydrogen) atoms. The molecule has 6 heteroatoms. The summed E-state index contributed by atoms with van der Waals surface area (Å²) in [5.41, 5.74) is 0.629. The van der Waals surface area contributed by atoms with Crippen molar-refractivity contribution in [3.63, 3.8) is 0 Å². The topological polar surface area (TPSA) is 65.1 Å². The third-order valence-corrected chi connectivity index (χ3v) is 3.72. The number of amides is 1. The molecule has 0 saturated carbocycles. The number of nitrogens with zero attached hydrogens (tertiary/aromatic N) is 1. The maximum absolute atomic E-state index is 12.4. The van der Waals surface area contributed by atoms with E-state index in [0.717, 1.165) is 12.8 Å². The molecule has 1 heterocycles. The number of rotatable bonds is 8. The van der Waals surface area contributed by atoms with Gasteiger partial charge in [-0.25, -0.2) is 4.79 Å². The molecule has 0 spiro atoms. The Hall–Kier alpha value is -2.08. The van der Waals surface area contributed by atoms with Gasteiger partial charge in [0.15, 0.2) is 12.1 Å². The van der Waals surface area contributed by atoms with E-state index in [1.165, 1.54) is 4.90 Å². The summed E-state index contributed by atoms with van der Waals surface area (Å²) in [6, 6.07) is 6.25. The molecule has 0 aromatic heterocycles. The molecule has 1 aliphatic rings. The lowest BCUT2D eigenvalue weighted by molar-refractivity contribution is -0.161.